The standard InChI is InChI=1S/C18H26ClN3O3/c19-15-5-1-4-14(11-15)12-16(20)18(24)22-9-7-13(8-10-22)3-2-6-17(23)21-25/h1,4-5,11,13,16,25H,2-3,6-10,12,20H2,(H,21,23). The fourth-order valence-electron chi connectivity index (χ4n) is 3.29. The van der Waals surface area contributed by atoms with Gasteiger partial charge in [-0.2, -0.15) is 0 Å². The molecule has 1 aliphatic heterocycles. The van der Waals surface area contributed by atoms with Gasteiger partial charge in [-0.1, -0.05) is 23.7 Å². The summed E-state index contributed by atoms with van der Waals surface area (Å²) in [6.45, 7) is 1.41. The molecule has 25 heavy (non-hydrogen) atoms. The largest absolute Gasteiger partial charge is 0.341 e. The van der Waals surface area contributed by atoms with Crippen LogP contribution in [0.2, 0.25) is 5.02 Å². The van der Waals surface area contributed by atoms with Gasteiger partial charge in [-0.25, -0.2) is 5.48 Å². The number of benzene rings is 1. The van der Waals surface area contributed by atoms with Crippen LogP contribution in [-0.2, 0) is 16.0 Å². The molecular weight excluding hydrogens is 342 g/mol. The van der Waals surface area contributed by atoms with Crippen molar-refractivity contribution in [3.63, 3.8) is 0 Å². The van der Waals surface area contributed by atoms with Crippen LogP contribution in [0.25, 0.3) is 0 Å². The number of halogens is 1. The lowest BCUT2D eigenvalue weighted by Crippen LogP contribution is -2.48. The Kier molecular flexibility index (Phi) is 7.68. The van der Waals surface area contributed by atoms with Crippen LogP contribution in [0.5, 0.6) is 0 Å². The predicted octanol–water partition coefficient (Wildman–Crippen LogP) is 2.12. The van der Waals surface area contributed by atoms with Crippen molar-refractivity contribution in [2.45, 2.75) is 44.6 Å². The number of likely N-dealkylation sites (tertiary alicyclic amines) is 1. The number of piperidine rings is 1. The van der Waals surface area contributed by atoms with Crippen molar-refractivity contribution in [2.24, 2.45) is 11.7 Å². The lowest BCUT2D eigenvalue weighted by atomic mass is 9.91. The van der Waals surface area contributed by atoms with Crippen LogP contribution < -0.4 is 11.2 Å². The van der Waals surface area contributed by atoms with Gasteiger partial charge >= 0.3 is 0 Å². The average molecular weight is 368 g/mol. The summed E-state index contributed by atoms with van der Waals surface area (Å²) in [5, 5.41) is 9.12. The van der Waals surface area contributed by atoms with E-state index in [9.17, 15) is 9.59 Å². The molecule has 6 nitrogen and oxygen atoms in total. The number of hydrogen-bond acceptors (Lipinski definition) is 4. The summed E-state index contributed by atoms with van der Waals surface area (Å²) in [5.41, 5.74) is 8.70. The molecule has 0 bridgehead atoms. The van der Waals surface area contributed by atoms with Crippen molar-refractivity contribution < 1.29 is 14.8 Å². The number of hydrogen-bond donors (Lipinski definition) is 3. The van der Waals surface area contributed by atoms with Crippen LogP contribution in [0.15, 0.2) is 24.3 Å². The molecule has 7 heteroatoms. The summed E-state index contributed by atoms with van der Waals surface area (Å²) < 4.78 is 0. The van der Waals surface area contributed by atoms with Gasteiger partial charge in [0.2, 0.25) is 11.8 Å². The monoisotopic (exact) mass is 367 g/mol. The molecule has 1 saturated heterocycles. The molecule has 1 aromatic carbocycles. The Hall–Kier alpha value is -1.63. The van der Waals surface area contributed by atoms with Gasteiger partial charge in [0.25, 0.3) is 0 Å². The third kappa shape index (κ3) is 6.30. The van der Waals surface area contributed by atoms with E-state index < -0.39 is 6.04 Å². The quantitative estimate of drug-likeness (QED) is 0.508. The second-order valence-electron chi connectivity index (χ2n) is 6.64. The number of amides is 2. The molecule has 2 rings (SSSR count). The number of nitrogens with two attached hydrogens (primary N) is 1. The Labute approximate surface area is 153 Å². The van der Waals surface area contributed by atoms with E-state index in [0.717, 1.165) is 31.2 Å². The minimum absolute atomic E-state index is 0.0157. The Bertz CT molecular complexity index is 589. The Morgan fingerprint density at radius 3 is 2.72 bits per heavy atom. The third-order valence-corrected chi connectivity index (χ3v) is 4.96. The molecule has 0 radical (unpaired) electrons. The normalized spacial score (nSPS) is 16.5. The molecule has 1 fully saturated rings. The second-order valence-corrected chi connectivity index (χ2v) is 7.07. The van der Waals surface area contributed by atoms with E-state index in [1.165, 1.54) is 0 Å². The number of carbonyl (C=O) groups is 2. The van der Waals surface area contributed by atoms with Crippen LogP contribution in [0.3, 0.4) is 0 Å². The molecule has 1 aromatic rings. The minimum Gasteiger partial charge on any atom is -0.341 e. The highest BCUT2D eigenvalue weighted by atomic mass is 35.5. The summed E-state index contributed by atoms with van der Waals surface area (Å²) in [6, 6.07) is 6.87. The van der Waals surface area contributed by atoms with Crippen LogP contribution in [0, 0.1) is 5.92 Å². The van der Waals surface area contributed by atoms with Gasteiger partial charge in [0.15, 0.2) is 0 Å². The Morgan fingerprint density at radius 2 is 2.08 bits per heavy atom. The van der Waals surface area contributed by atoms with Crippen LogP contribution >= 0.6 is 11.6 Å². The van der Waals surface area contributed by atoms with E-state index in [4.69, 9.17) is 22.5 Å². The van der Waals surface area contributed by atoms with Crippen molar-refractivity contribution >= 4 is 23.4 Å². The van der Waals surface area contributed by atoms with Gasteiger partial charge < -0.3 is 10.6 Å². The highest BCUT2D eigenvalue weighted by molar-refractivity contribution is 6.30. The van der Waals surface area contributed by atoms with Gasteiger partial charge in [0.05, 0.1) is 6.04 Å². The van der Waals surface area contributed by atoms with Crippen molar-refractivity contribution in [1.82, 2.24) is 10.4 Å². The first kappa shape index (κ1) is 19.7. The van der Waals surface area contributed by atoms with Gasteiger partial charge in [0.1, 0.15) is 0 Å². The molecule has 1 atom stereocenters. The maximum atomic E-state index is 12.5. The molecule has 0 saturated carbocycles. The zero-order valence-corrected chi connectivity index (χ0v) is 15.0. The molecule has 0 aliphatic carbocycles. The topological polar surface area (TPSA) is 95.7 Å². The zero-order chi connectivity index (χ0) is 18.2. The van der Waals surface area contributed by atoms with Crippen molar-refractivity contribution in [3.8, 4) is 0 Å². The molecule has 0 spiro atoms. The van der Waals surface area contributed by atoms with Crippen molar-refractivity contribution in [2.75, 3.05) is 13.1 Å². The zero-order valence-electron chi connectivity index (χ0n) is 14.3. The molecule has 4 N–H and O–H groups in total. The van der Waals surface area contributed by atoms with Crippen molar-refractivity contribution in [3.05, 3.63) is 34.9 Å². The van der Waals surface area contributed by atoms with Crippen LogP contribution in [-0.4, -0.2) is 41.1 Å². The van der Waals surface area contributed by atoms with E-state index in [0.29, 0.717) is 36.9 Å². The van der Waals surface area contributed by atoms with E-state index in [-0.39, 0.29) is 11.8 Å². The maximum absolute atomic E-state index is 12.5. The lowest BCUT2D eigenvalue weighted by molar-refractivity contribution is -0.134. The summed E-state index contributed by atoms with van der Waals surface area (Å²) in [7, 11) is 0. The Balaban J connectivity index is 1.74. The number of hydroxylamine groups is 1. The first-order valence-electron chi connectivity index (χ1n) is 8.71. The van der Waals surface area contributed by atoms with Crippen molar-refractivity contribution in [1.29, 1.82) is 0 Å². The highest BCUT2D eigenvalue weighted by Gasteiger charge is 2.26. The molecule has 1 aliphatic rings. The summed E-state index contributed by atoms with van der Waals surface area (Å²) in [5.74, 6) is 0.150. The maximum Gasteiger partial charge on any atom is 0.243 e. The third-order valence-electron chi connectivity index (χ3n) is 4.73. The SMILES string of the molecule is NC(Cc1cccc(Cl)c1)C(=O)N1CCC(CCCC(=O)NO)CC1. The first-order chi connectivity index (χ1) is 12.0. The second kappa shape index (κ2) is 9.75. The Morgan fingerprint density at radius 1 is 1.36 bits per heavy atom. The number of nitrogens with one attached hydrogen (secondary N) is 1. The number of rotatable bonds is 7. The van der Waals surface area contributed by atoms with Crippen LogP contribution in [0.1, 0.15) is 37.7 Å². The van der Waals surface area contributed by atoms with E-state index in [2.05, 4.69) is 0 Å². The van der Waals surface area contributed by atoms with E-state index >= 15 is 0 Å². The van der Waals surface area contributed by atoms with Gasteiger partial charge in [0, 0.05) is 24.5 Å². The fourth-order valence-corrected chi connectivity index (χ4v) is 3.50. The first-order valence-corrected chi connectivity index (χ1v) is 9.09. The summed E-state index contributed by atoms with van der Waals surface area (Å²) in [4.78, 5) is 25.4. The van der Waals surface area contributed by atoms with Gasteiger partial charge in [-0.15, -0.1) is 0 Å². The van der Waals surface area contributed by atoms with Gasteiger partial charge in [-0.05, 0) is 55.7 Å². The molecule has 138 valence electrons. The molecule has 1 unspecified atom stereocenters. The number of carbonyl (C=O) groups excluding carboxylic acids is 2. The average Bonchev–Trinajstić information content (AvgIpc) is 2.61. The fraction of sp³-hybridized carbons (Fsp3) is 0.556. The lowest BCUT2D eigenvalue weighted by Gasteiger charge is -2.33. The van der Waals surface area contributed by atoms with Gasteiger partial charge in [-0.3, -0.25) is 14.8 Å². The molecule has 0 aromatic heterocycles. The predicted molar refractivity (Wildman–Crippen MR) is 96.2 cm³/mol. The van der Waals surface area contributed by atoms with Crippen LogP contribution in [0.4, 0.5) is 0 Å². The summed E-state index contributed by atoms with van der Waals surface area (Å²) in [6.07, 6.45) is 4.35. The van der Waals surface area contributed by atoms with E-state index in [1.807, 2.05) is 23.1 Å². The smallest absolute Gasteiger partial charge is 0.243 e. The molecule has 2 amide bonds. The molecule has 1 heterocycles. The summed E-state index contributed by atoms with van der Waals surface area (Å²) >= 11 is 5.97. The minimum atomic E-state index is -0.553. The highest BCUT2D eigenvalue weighted by Crippen LogP contribution is 2.23. The van der Waals surface area contributed by atoms with E-state index in [1.54, 1.807) is 11.5 Å². The number of nitrogens with zero attached hydrogens (tertiary/aromatic N) is 1. The molecular formula is C18H26ClN3O3.